The molecule has 1 N–H and O–H groups in total. The average Bonchev–Trinajstić information content (AvgIpc) is 2.79. The molecule has 2 heterocycles. The Bertz CT molecular complexity index is 495. The second kappa shape index (κ2) is 5.56. The maximum Gasteiger partial charge on any atom is 0.345 e. The number of aromatic nitrogens is 1. The molecule has 2 rings (SSSR count). The van der Waals surface area contributed by atoms with Gasteiger partial charge in [0.15, 0.2) is 0 Å². The van der Waals surface area contributed by atoms with Gasteiger partial charge in [-0.25, -0.2) is 4.79 Å². The third kappa shape index (κ3) is 3.37. The topological polar surface area (TPSA) is 59.4 Å². The summed E-state index contributed by atoms with van der Waals surface area (Å²) >= 11 is 1.24. The molecule has 0 radical (unpaired) electrons. The van der Waals surface area contributed by atoms with Crippen molar-refractivity contribution < 1.29 is 14.6 Å². The lowest BCUT2D eigenvalue weighted by Gasteiger charge is -2.01. The van der Waals surface area contributed by atoms with E-state index in [2.05, 4.69) is 4.98 Å². The zero-order chi connectivity index (χ0) is 12.1. The van der Waals surface area contributed by atoms with E-state index < -0.39 is 5.97 Å². The van der Waals surface area contributed by atoms with Gasteiger partial charge in [0.05, 0.1) is 13.2 Å². The quantitative estimate of drug-likeness (QED) is 0.884. The largest absolute Gasteiger partial charge is 0.477 e. The number of carboxylic acids is 1. The van der Waals surface area contributed by atoms with Crippen LogP contribution in [0.3, 0.4) is 0 Å². The lowest BCUT2D eigenvalue weighted by atomic mass is 10.3. The Balaban J connectivity index is 1.84. The fourth-order valence-electron chi connectivity index (χ4n) is 1.32. The first kappa shape index (κ1) is 11.8. The number of aromatic carboxylic acids is 1. The van der Waals surface area contributed by atoms with Crippen LogP contribution in [0.1, 0.15) is 20.1 Å². The summed E-state index contributed by atoms with van der Waals surface area (Å²) in [7, 11) is 0. The molecular formula is C12H11NO3S. The van der Waals surface area contributed by atoms with Gasteiger partial charge in [0, 0.05) is 17.3 Å². The zero-order valence-corrected chi connectivity index (χ0v) is 9.81. The standard InChI is InChI=1S/C12H11NO3S/c14-12(15)11-4-3-10(17-11)8-16-7-9-2-1-5-13-6-9/h1-6H,7-8H2,(H,14,15). The van der Waals surface area contributed by atoms with Crippen LogP contribution in [0.25, 0.3) is 0 Å². The monoisotopic (exact) mass is 249 g/mol. The summed E-state index contributed by atoms with van der Waals surface area (Å²) in [6.07, 6.45) is 3.46. The van der Waals surface area contributed by atoms with Crippen molar-refractivity contribution in [3.63, 3.8) is 0 Å². The zero-order valence-electron chi connectivity index (χ0n) is 9.00. The highest BCUT2D eigenvalue weighted by atomic mass is 32.1. The Morgan fingerprint density at radius 2 is 2.24 bits per heavy atom. The van der Waals surface area contributed by atoms with Crippen molar-refractivity contribution in [2.45, 2.75) is 13.2 Å². The molecule has 0 unspecified atom stereocenters. The number of carboxylic acid groups (broad SMARTS) is 1. The van der Waals surface area contributed by atoms with Crippen molar-refractivity contribution in [2.75, 3.05) is 0 Å². The predicted molar refractivity (Wildman–Crippen MR) is 64.0 cm³/mol. The summed E-state index contributed by atoms with van der Waals surface area (Å²) in [5, 5.41) is 8.76. The van der Waals surface area contributed by atoms with Crippen LogP contribution in [0.15, 0.2) is 36.7 Å². The lowest BCUT2D eigenvalue weighted by Crippen LogP contribution is -1.93. The van der Waals surface area contributed by atoms with Gasteiger partial charge in [0.1, 0.15) is 4.88 Å². The summed E-state index contributed by atoms with van der Waals surface area (Å²) in [5.41, 5.74) is 1.00. The second-order valence-corrected chi connectivity index (χ2v) is 4.59. The van der Waals surface area contributed by atoms with Gasteiger partial charge in [0.2, 0.25) is 0 Å². The predicted octanol–water partition coefficient (Wildman–Crippen LogP) is 2.56. The number of nitrogens with zero attached hydrogens (tertiary/aromatic N) is 1. The first-order valence-electron chi connectivity index (χ1n) is 5.04. The van der Waals surface area contributed by atoms with Crippen LogP contribution in [-0.4, -0.2) is 16.1 Å². The van der Waals surface area contributed by atoms with Crippen LogP contribution in [-0.2, 0) is 18.0 Å². The molecule has 0 saturated carbocycles. The van der Waals surface area contributed by atoms with Gasteiger partial charge < -0.3 is 9.84 Å². The maximum absolute atomic E-state index is 10.7. The third-order valence-corrected chi connectivity index (χ3v) is 3.16. The highest BCUT2D eigenvalue weighted by Crippen LogP contribution is 2.17. The Morgan fingerprint density at radius 3 is 2.88 bits per heavy atom. The number of rotatable bonds is 5. The van der Waals surface area contributed by atoms with Crippen LogP contribution >= 0.6 is 11.3 Å². The summed E-state index contributed by atoms with van der Waals surface area (Å²) in [6.45, 7) is 0.904. The minimum Gasteiger partial charge on any atom is -0.477 e. The van der Waals surface area contributed by atoms with E-state index in [-0.39, 0.29) is 0 Å². The summed E-state index contributed by atoms with van der Waals surface area (Å²) in [6, 6.07) is 7.16. The maximum atomic E-state index is 10.7. The first-order chi connectivity index (χ1) is 8.25. The molecule has 0 aromatic carbocycles. The number of thiophene rings is 1. The van der Waals surface area contributed by atoms with E-state index >= 15 is 0 Å². The fourth-order valence-corrected chi connectivity index (χ4v) is 2.11. The van der Waals surface area contributed by atoms with Crippen LogP contribution in [0.4, 0.5) is 0 Å². The fraction of sp³-hybridized carbons (Fsp3) is 0.167. The van der Waals surface area contributed by atoms with E-state index in [1.54, 1.807) is 24.5 Å². The molecule has 0 amide bonds. The van der Waals surface area contributed by atoms with Gasteiger partial charge in [-0.15, -0.1) is 11.3 Å². The van der Waals surface area contributed by atoms with Crippen molar-refractivity contribution in [3.8, 4) is 0 Å². The number of pyridine rings is 1. The van der Waals surface area contributed by atoms with E-state index in [9.17, 15) is 4.79 Å². The Labute approximate surface area is 103 Å². The van der Waals surface area contributed by atoms with Crippen molar-refractivity contribution in [1.29, 1.82) is 0 Å². The Morgan fingerprint density at radius 1 is 1.35 bits per heavy atom. The van der Waals surface area contributed by atoms with Gasteiger partial charge in [-0.1, -0.05) is 6.07 Å². The molecule has 5 heteroatoms. The molecule has 0 bridgehead atoms. The van der Waals surface area contributed by atoms with Crippen molar-refractivity contribution in [3.05, 3.63) is 52.0 Å². The number of hydrogen-bond acceptors (Lipinski definition) is 4. The highest BCUT2D eigenvalue weighted by Gasteiger charge is 2.06. The minimum absolute atomic E-state index is 0.338. The minimum atomic E-state index is -0.895. The smallest absolute Gasteiger partial charge is 0.345 e. The van der Waals surface area contributed by atoms with Gasteiger partial charge in [-0.3, -0.25) is 4.98 Å². The van der Waals surface area contributed by atoms with Crippen molar-refractivity contribution in [1.82, 2.24) is 4.98 Å². The van der Waals surface area contributed by atoms with Gasteiger partial charge in [-0.05, 0) is 23.8 Å². The number of carbonyl (C=O) groups is 1. The average molecular weight is 249 g/mol. The first-order valence-corrected chi connectivity index (χ1v) is 5.86. The third-order valence-electron chi connectivity index (χ3n) is 2.11. The van der Waals surface area contributed by atoms with E-state index in [4.69, 9.17) is 9.84 Å². The molecule has 88 valence electrons. The van der Waals surface area contributed by atoms with Crippen LogP contribution < -0.4 is 0 Å². The highest BCUT2D eigenvalue weighted by molar-refractivity contribution is 7.13. The number of ether oxygens (including phenoxy) is 1. The van der Waals surface area contributed by atoms with Gasteiger partial charge >= 0.3 is 5.97 Å². The summed E-state index contributed by atoms with van der Waals surface area (Å²) < 4.78 is 5.48. The molecule has 2 aromatic rings. The molecule has 4 nitrogen and oxygen atoms in total. The molecule has 0 spiro atoms. The second-order valence-electron chi connectivity index (χ2n) is 3.43. The normalized spacial score (nSPS) is 10.4. The van der Waals surface area contributed by atoms with E-state index in [1.807, 2.05) is 12.1 Å². The molecule has 0 aliphatic heterocycles. The lowest BCUT2D eigenvalue weighted by molar-refractivity contribution is 0.0702. The molecule has 2 aromatic heterocycles. The number of hydrogen-bond donors (Lipinski definition) is 1. The SMILES string of the molecule is O=C(O)c1ccc(COCc2cccnc2)s1. The molecule has 0 saturated heterocycles. The molecule has 17 heavy (non-hydrogen) atoms. The van der Waals surface area contributed by atoms with E-state index in [1.165, 1.54) is 11.3 Å². The van der Waals surface area contributed by atoms with Crippen LogP contribution in [0.2, 0.25) is 0 Å². The van der Waals surface area contributed by atoms with Crippen molar-refractivity contribution in [2.24, 2.45) is 0 Å². The Hall–Kier alpha value is -1.72. The van der Waals surface area contributed by atoms with Gasteiger partial charge in [-0.2, -0.15) is 0 Å². The van der Waals surface area contributed by atoms with Crippen LogP contribution in [0, 0.1) is 0 Å². The molecule has 0 aliphatic rings. The summed E-state index contributed by atoms with van der Waals surface area (Å²) in [5.74, 6) is -0.895. The molecular weight excluding hydrogens is 238 g/mol. The van der Waals surface area contributed by atoms with E-state index in [0.717, 1.165) is 10.4 Å². The summed E-state index contributed by atoms with van der Waals surface area (Å²) in [4.78, 5) is 15.9. The Kier molecular flexibility index (Phi) is 3.85. The van der Waals surface area contributed by atoms with Crippen molar-refractivity contribution >= 4 is 17.3 Å². The van der Waals surface area contributed by atoms with Gasteiger partial charge in [0.25, 0.3) is 0 Å². The molecule has 0 atom stereocenters. The molecule has 0 aliphatic carbocycles. The van der Waals surface area contributed by atoms with Crippen LogP contribution in [0.5, 0.6) is 0 Å². The molecule has 0 fully saturated rings. The van der Waals surface area contributed by atoms with E-state index in [0.29, 0.717) is 18.1 Å².